The molecule has 0 bridgehead atoms. The first kappa shape index (κ1) is 12.4. The van der Waals surface area contributed by atoms with E-state index in [2.05, 4.69) is 29.1 Å². The topological polar surface area (TPSA) is 98.6 Å². The van der Waals surface area contributed by atoms with E-state index in [1.807, 2.05) is 0 Å². The first-order valence-corrected chi connectivity index (χ1v) is 5.08. The molecule has 1 rings (SSSR count). The molecular formula is C9H17N5O2. The summed E-state index contributed by atoms with van der Waals surface area (Å²) in [4.78, 5) is 3.88. The molecule has 3 N–H and O–H groups in total. The molecule has 0 aliphatic heterocycles. The highest BCUT2D eigenvalue weighted by Crippen LogP contribution is 1.94. The number of oxime groups is 1. The maximum atomic E-state index is 8.42. The van der Waals surface area contributed by atoms with E-state index >= 15 is 0 Å². The van der Waals surface area contributed by atoms with E-state index in [1.165, 1.54) is 6.33 Å². The van der Waals surface area contributed by atoms with Crippen molar-refractivity contribution in [1.82, 2.24) is 14.8 Å². The van der Waals surface area contributed by atoms with E-state index in [0.717, 1.165) is 6.61 Å². The molecule has 90 valence electrons. The lowest BCUT2D eigenvalue weighted by Crippen LogP contribution is -2.16. The summed E-state index contributed by atoms with van der Waals surface area (Å²) < 4.78 is 6.99. The van der Waals surface area contributed by atoms with Crippen LogP contribution >= 0.6 is 0 Å². The van der Waals surface area contributed by atoms with E-state index in [-0.39, 0.29) is 11.7 Å². The third kappa shape index (κ3) is 3.85. The third-order valence-corrected chi connectivity index (χ3v) is 1.79. The minimum Gasteiger partial charge on any atom is -0.409 e. The molecule has 7 nitrogen and oxygen atoms in total. The van der Waals surface area contributed by atoms with E-state index in [0.29, 0.717) is 19.1 Å². The Labute approximate surface area is 93.9 Å². The smallest absolute Gasteiger partial charge is 0.219 e. The number of ether oxygens (including phenoxy) is 1. The fraction of sp³-hybridized carbons (Fsp3) is 0.667. The van der Waals surface area contributed by atoms with E-state index in [4.69, 9.17) is 15.7 Å². The summed E-state index contributed by atoms with van der Waals surface area (Å²) >= 11 is 0. The summed E-state index contributed by atoms with van der Waals surface area (Å²) in [6.45, 7) is 6.06. The molecule has 0 radical (unpaired) electrons. The van der Waals surface area contributed by atoms with Gasteiger partial charge in [-0.15, -0.1) is 5.10 Å². The van der Waals surface area contributed by atoms with Crippen molar-refractivity contribution in [3.05, 3.63) is 12.2 Å². The quantitative estimate of drug-likeness (QED) is 0.235. The maximum Gasteiger partial charge on any atom is 0.219 e. The van der Waals surface area contributed by atoms with Crippen LogP contribution in [-0.2, 0) is 11.3 Å². The van der Waals surface area contributed by atoms with Crippen LogP contribution in [0.3, 0.4) is 0 Å². The SMILES string of the molecule is CC(C)COCCn1cnc(C(N)=NO)n1. The zero-order valence-corrected chi connectivity index (χ0v) is 9.50. The van der Waals surface area contributed by atoms with Crippen molar-refractivity contribution >= 4 is 5.84 Å². The predicted octanol–water partition coefficient (Wildman–Crippen LogP) is 0.0452. The Bertz CT molecular complexity index is 347. The number of amidine groups is 1. The second-order valence-corrected chi connectivity index (χ2v) is 3.79. The Hall–Kier alpha value is -1.63. The van der Waals surface area contributed by atoms with Crippen LogP contribution in [-0.4, -0.2) is 39.0 Å². The monoisotopic (exact) mass is 227 g/mol. The van der Waals surface area contributed by atoms with Gasteiger partial charge in [-0.1, -0.05) is 19.0 Å². The minimum absolute atomic E-state index is 0.0955. The highest BCUT2D eigenvalue weighted by molar-refractivity contribution is 5.93. The van der Waals surface area contributed by atoms with Crippen LogP contribution in [0.4, 0.5) is 0 Å². The number of aromatic nitrogens is 3. The number of rotatable bonds is 6. The van der Waals surface area contributed by atoms with Crippen molar-refractivity contribution in [2.24, 2.45) is 16.8 Å². The van der Waals surface area contributed by atoms with Crippen LogP contribution in [0.5, 0.6) is 0 Å². The van der Waals surface area contributed by atoms with Gasteiger partial charge in [0.2, 0.25) is 11.7 Å². The number of hydrogen-bond acceptors (Lipinski definition) is 5. The van der Waals surface area contributed by atoms with E-state index in [9.17, 15) is 0 Å². The van der Waals surface area contributed by atoms with Crippen molar-refractivity contribution in [3.8, 4) is 0 Å². The highest BCUT2D eigenvalue weighted by atomic mass is 16.5. The Morgan fingerprint density at radius 3 is 3.06 bits per heavy atom. The van der Waals surface area contributed by atoms with Gasteiger partial charge in [0.25, 0.3) is 0 Å². The maximum absolute atomic E-state index is 8.42. The first-order chi connectivity index (χ1) is 7.63. The predicted molar refractivity (Wildman–Crippen MR) is 58.2 cm³/mol. The molecule has 0 fully saturated rings. The summed E-state index contributed by atoms with van der Waals surface area (Å²) in [6.07, 6.45) is 1.52. The fourth-order valence-corrected chi connectivity index (χ4v) is 1.04. The Morgan fingerprint density at radius 1 is 1.69 bits per heavy atom. The Kier molecular flexibility index (Phi) is 4.71. The summed E-state index contributed by atoms with van der Waals surface area (Å²) in [7, 11) is 0. The van der Waals surface area contributed by atoms with Gasteiger partial charge in [0, 0.05) is 6.61 Å². The molecule has 1 heterocycles. The van der Waals surface area contributed by atoms with Crippen LogP contribution in [0, 0.1) is 5.92 Å². The van der Waals surface area contributed by atoms with Crippen LogP contribution in [0.15, 0.2) is 11.5 Å². The van der Waals surface area contributed by atoms with Gasteiger partial charge in [-0.3, -0.25) is 0 Å². The fourth-order valence-electron chi connectivity index (χ4n) is 1.04. The average molecular weight is 227 g/mol. The van der Waals surface area contributed by atoms with Gasteiger partial charge in [-0.25, -0.2) is 9.67 Å². The second kappa shape index (κ2) is 6.06. The van der Waals surface area contributed by atoms with Crippen LogP contribution < -0.4 is 5.73 Å². The third-order valence-electron chi connectivity index (χ3n) is 1.79. The molecule has 1 aromatic heterocycles. The molecule has 0 aliphatic rings. The highest BCUT2D eigenvalue weighted by Gasteiger charge is 2.05. The van der Waals surface area contributed by atoms with Gasteiger partial charge in [0.15, 0.2) is 0 Å². The molecular weight excluding hydrogens is 210 g/mol. The molecule has 16 heavy (non-hydrogen) atoms. The standard InChI is InChI=1S/C9H17N5O2/c1-7(2)5-16-4-3-14-6-11-9(12-14)8(10)13-15/h6-7,15H,3-5H2,1-2H3,(H2,10,13). The Morgan fingerprint density at radius 2 is 2.44 bits per heavy atom. The van der Waals surface area contributed by atoms with Crippen molar-refractivity contribution in [1.29, 1.82) is 0 Å². The summed E-state index contributed by atoms with van der Waals surface area (Å²) in [6, 6.07) is 0. The van der Waals surface area contributed by atoms with Gasteiger partial charge in [0.05, 0.1) is 13.2 Å². The van der Waals surface area contributed by atoms with Crippen molar-refractivity contribution in [2.45, 2.75) is 20.4 Å². The van der Waals surface area contributed by atoms with E-state index in [1.54, 1.807) is 4.68 Å². The molecule has 0 atom stereocenters. The molecule has 0 aliphatic carbocycles. The van der Waals surface area contributed by atoms with Crippen LogP contribution in [0.2, 0.25) is 0 Å². The van der Waals surface area contributed by atoms with Gasteiger partial charge in [-0.05, 0) is 5.92 Å². The molecule has 0 unspecified atom stereocenters. The van der Waals surface area contributed by atoms with Crippen LogP contribution in [0.1, 0.15) is 19.7 Å². The zero-order valence-electron chi connectivity index (χ0n) is 9.50. The molecule has 7 heteroatoms. The van der Waals surface area contributed by atoms with Gasteiger partial charge < -0.3 is 15.7 Å². The molecule has 1 aromatic rings. The van der Waals surface area contributed by atoms with Crippen LogP contribution in [0.25, 0.3) is 0 Å². The number of nitrogens with zero attached hydrogens (tertiary/aromatic N) is 4. The van der Waals surface area contributed by atoms with Crippen molar-refractivity contribution in [2.75, 3.05) is 13.2 Å². The summed E-state index contributed by atoms with van der Waals surface area (Å²) in [5.74, 6) is 0.636. The number of nitrogens with two attached hydrogens (primary N) is 1. The van der Waals surface area contributed by atoms with Gasteiger partial charge in [-0.2, -0.15) is 0 Å². The average Bonchev–Trinajstić information content (AvgIpc) is 2.71. The summed E-state index contributed by atoms with van der Waals surface area (Å²) in [5.41, 5.74) is 5.33. The largest absolute Gasteiger partial charge is 0.409 e. The molecule has 0 saturated carbocycles. The summed E-state index contributed by atoms with van der Waals surface area (Å²) in [5, 5.41) is 15.2. The van der Waals surface area contributed by atoms with Crippen molar-refractivity contribution in [3.63, 3.8) is 0 Å². The number of hydrogen-bond donors (Lipinski definition) is 2. The lowest BCUT2D eigenvalue weighted by molar-refractivity contribution is 0.101. The second-order valence-electron chi connectivity index (χ2n) is 3.79. The van der Waals surface area contributed by atoms with Crippen molar-refractivity contribution < 1.29 is 9.94 Å². The molecule has 0 aromatic carbocycles. The molecule has 0 amide bonds. The van der Waals surface area contributed by atoms with E-state index < -0.39 is 0 Å². The van der Waals surface area contributed by atoms with Gasteiger partial charge >= 0.3 is 0 Å². The molecule has 0 saturated heterocycles. The first-order valence-electron chi connectivity index (χ1n) is 5.08. The molecule has 0 spiro atoms. The minimum atomic E-state index is -0.0955. The van der Waals surface area contributed by atoms with Gasteiger partial charge in [0.1, 0.15) is 6.33 Å². The Balaban J connectivity index is 2.35. The lowest BCUT2D eigenvalue weighted by atomic mass is 10.2. The normalized spacial score (nSPS) is 12.3. The lowest BCUT2D eigenvalue weighted by Gasteiger charge is -2.05. The zero-order chi connectivity index (χ0) is 12.0.